The Kier molecular flexibility index (Phi) is 9.02. The zero-order valence-electron chi connectivity index (χ0n) is 17.5. The molecule has 2 unspecified atom stereocenters. The lowest BCUT2D eigenvalue weighted by molar-refractivity contribution is -0.0817. The molecule has 0 radical (unpaired) electrons. The van der Waals surface area contributed by atoms with Crippen LogP contribution in [0.2, 0.25) is 0 Å². The van der Waals surface area contributed by atoms with Crippen LogP contribution >= 0.6 is 24.0 Å². The van der Waals surface area contributed by atoms with Crippen LogP contribution in [0.1, 0.15) is 30.9 Å². The van der Waals surface area contributed by atoms with Crippen molar-refractivity contribution in [3.63, 3.8) is 0 Å². The van der Waals surface area contributed by atoms with E-state index in [1.54, 1.807) is 0 Å². The molecule has 1 N–H and O–H groups in total. The molecule has 6 nitrogen and oxygen atoms in total. The normalized spacial score (nSPS) is 25.4. The molecule has 0 aromatic heterocycles. The predicted molar refractivity (Wildman–Crippen MR) is 127 cm³/mol. The van der Waals surface area contributed by atoms with Crippen LogP contribution in [0.25, 0.3) is 0 Å². The van der Waals surface area contributed by atoms with E-state index in [1.807, 2.05) is 0 Å². The van der Waals surface area contributed by atoms with Gasteiger partial charge in [-0.3, -0.25) is 9.89 Å². The van der Waals surface area contributed by atoms with Gasteiger partial charge in [0.25, 0.3) is 0 Å². The highest BCUT2D eigenvalue weighted by Crippen LogP contribution is 2.21. The molecule has 2 fully saturated rings. The van der Waals surface area contributed by atoms with E-state index in [2.05, 4.69) is 46.3 Å². The Bertz CT molecular complexity index is 666. The highest BCUT2D eigenvalue weighted by Gasteiger charge is 2.32. The SMILES string of the molecule is CCNC(=NCCN1CCc2ccccc2C1)N1CCOC(C2CCCO2)C1.I. The third-order valence-electron chi connectivity index (χ3n) is 5.99. The monoisotopic (exact) mass is 514 g/mol. The number of hydrogen-bond acceptors (Lipinski definition) is 4. The zero-order valence-corrected chi connectivity index (χ0v) is 19.8. The number of nitrogens with one attached hydrogen (secondary N) is 1. The molecule has 0 spiro atoms. The maximum absolute atomic E-state index is 6.00. The molecule has 3 aliphatic rings. The van der Waals surface area contributed by atoms with E-state index < -0.39 is 0 Å². The lowest BCUT2D eigenvalue weighted by Crippen LogP contribution is -2.53. The highest BCUT2D eigenvalue weighted by atomic mass is 127. The minimum Gasteiger partial charge on any atom is -0.375 e. The smallest absolute Gasteiger partial charge is 0.194 e. The molecule has 29 heavy (non-hydrogen) atoms. The summed E-state index contributed by atoms with van der Waals surface area (Å²) in [5, 5.41) is 3.48. The summed E-state index contributed by atoms with van der Waals surface area (Å²) in [5.41, 5.74) is 2.97. The molecule has 2 saturated heterocycles. The van der Waals surface area contributed by atoms with E-state index in [4.69, 9.17) is 14.5 Å². The van der Waals surface area contributed by atoms with Gasteiger partial charge in [-0.05, 0) is 37.3 Å². The number of benzene rings is 1. The van der Waals surface area contributed by atoms with Crippen molar-refractivity contribution in [2.24, 2.45) is 4.99 Å². The van der Waals surface area contributed by atoms with Crippen molar-refractivity contribution in [3.05, 3.63) is 35.4 Å². The summed E-state index contributed by atoms with van der Waals surface area (Å²) < 4.78 is 11.8. The van der Waals surface area contributed by atoms with Crippen LogP contribution in [0.4, 0.5) is 0 Å². The fourth-order valence-corrected chi connectivity index (χ4v) is 4.46. The number of hydrogen-bond donors (Lipinski definition) is 1. The fraction of sp³-hybridized carbons (Fsp3) is 0.682. The van der Waals surface area contributed by atoms with E-state index >= 15 is 0 Å². The molecule has 2 atom stereocenters. The molecule has 3 aliphatic heterocycles. The Morgan fingerprint density at radius 1 is 1.14 bits per heavy atom. The summed E-state index contributed by atoms with van der Waals surface area (Å²) >= 11 is 0. The molecule has 0 bridgehead atoms. The van der Waals surface area contributed by atoms with Gasteiger partial charge in [0.1, 0.15) is 6.10 Å². The van der Waals surface area contributed by atoms with Gasteiger partial charge in [-0.15, -0.1) is 24.0 Å². The molecule has 7 heteroatoms. The number of morpholine rings is 1. The average molecular weight is 514 g/mol. The second kappa shape index (κ2) is 11.5. The Morgan fingerprint density at radius 3 is 2.76 bits per heavy atom. The Balaban J connectivity index is 0.00000240. The van der Waals surface area contributed by atoms with Gasteiger partial charge in [-0.25, -0.2) is 0 Å². The first-order valence-corrected chi connectivity index (χ1v) is 10.9. The molecule has 1 aromatic rings. The summed E-state index contributed by atoms with van der Waals surface area (Å²) in [4.78, 5) is 9.81. The molecule has 0 saturated carbocycles. The van der Waals surface area contributed by atoms with Crippen LogP contribution in [0.3, 0.4) is 0 Å². The first-order chi connectivity index (χ1) is 13.8. The lowest BCUT2D eigenvalue weighted by Gasteiger charge is -2.37. The average Bonchev–Trinajstić information content (AvgIpc) is 3.28. The molecular formula is C22H35IN4O2. The van der Waals surface area contributed by atoms with Crippen LogP contribution in [0, 0.1) is 0 Å². The van der Waals surface area contributed by atoms with Crippen molar-refractivity contribution in [1.82, 2.24) is 15.1 Å². The lowest BCUT2D eigenvalue weighted by atomic mass is 10.00. The number of rotatable bonds is 5. The summed E-state index contributed by atoms with van der Waals surface area (Å²) in [6.45, 7) is 10.4. The minimum absolute atomic E-state index is 0. The number of nitrogens with zero attached hydrogens (tertiary/aromatic N) is 3. The van der Waals surface area contributed by atoms with Crippen LogP contribution in [-0.4, -0.2) is 80.4 Å². The quantitative estimate of drug-likeness (QED) is 0.372. The molecule has 1 aromatic carbocycles. The van der Waals surface area contributed by atoms with Gasteiger partial charge in [0.15, 0.2) is 5.96 Å². The second-order valence-electron chi connectivity index (χ2n) is 7.94. The highest BCUT2D eigenvalue weighted by molar-refractivity contribution is 14.0. The number of halogens is 1. The largest absolute Gasteiger partial charge is 0.375 e. The van der Waals surface area contributed by atoms with Crippen LogP contribution < -0.4 is 5.32 Å². The van der Waals surface area contributed by atoms with E-state index in [0.29, 0.717) is 0 Å². The maximum Gasteiger partial charge on any atom is 0.194 e. The van der Waals surface area contributed by atoms with Gasteiger partial charge in [0.2, 0.25) is 0 Å². The van der Waals surface area contributed by atoms with E-state index in [9.17, 15) is 0 Å². The van der Waals surface area contributed by atoms with Crippen molar-refractivity contribution in [2.75, 3.05) is 52.5 Å². The standard InChI is InChI=1S/C22H34N4O2.HI/c1-2-23-22(26-13-15-28-21(17-26)20-8-5-14-27-20)24-10-12-25-11-9-18-6-3-4-7-19(18)16-25;/h3-4,6-7,20-21H,2,5,8-17H2,1H3,(H,23,24);1H. The molecule has 0 aliphatic carbocycles. The Morgan fingerprint density at radius 2 is 1.97 bits per heavy atom. The van der Waals surface area contributed by atoms with Crippen molar-refractivity contribution >= 4 is 29.9 Å². The first-order valence-electron chi connectivity index (χ1n) is 10.9. The Labute approximate surface area is 192 Å². The first kappa shape index (κ1) is 22.8. The topological polar surface area (TPSA) is 49.3 Å². The van der Waals surface area contributed by atoms with Crippen LogP contribution in [0.15, 0.2) is 29.3 Å². The second-order valence-corrected chi connectivity index (χ2v) is 7.94. The third-order valence-corrected chi connectivity index (χ3v) is 5.99. The van der Waals surface area contributed by atoms with Crippen molar-refractivity contribution in [3.8, 4) is 0 Å². The summed E-state index contributed by atoms with van der Waals surface area (Å²) in [7, 11) is 0. The van der Waals surface area contributed by atoms with Gasteiger partial charge < -0.3 is 19.7 Å². The number of guanidine groups is 1. The molecule has 0 amide bonds. The van der Waals surface area contributed by atoms with Gasteiger partial charge in [0, 0.05) is 45.9 Å². The number of fused-ring (bicyclic) bond motifs is 1. The summed E-state index contributed by atoms with van der Waals surface area (Å²) in [5.74, 6) is 1.02. The van der Waals surface area contributed by atoms with Gasteiger partial charge in [-0.1, -0.05) is 24.3 Å². The predicted octanol–water partition coefficient (Wildman–Crippen LogP) is 2.51. The number of ether oxygens (including phenoxy) is 2. The van der Waals surface area contributed by atoms with Crippen molar-refractivity contribution < 1.29 is 9.47 Å². The van der Waals surface area contributed by atoms with E-state index in [0.717, 1.165) is 84.2 Å². The van der Waals surface area contributed by atoms with E-state index in [-0.39, 0.29) is 36.2 Å². The summed E-state index contributed by atoms with van der Waals surface area (Å²) in [6.07, 6.45) is 3.82. The summed E-state index contributed by atoms with van der Waals surface area (Å²) in [6, 6.07) is 8.81. The zero-order chi connectivity index (χ0) is 19.2. The van der Waals surface area contributed by atoms with Gasteiger partial charge in [-0.2, -0.15) is 0 Å². The molecular weight excluding hydrogens is 479 g/mol. The van der Waals surface area contributed by atoms with Gasteiger partial charge >= 0.3 is 0 Å². The van der Waals surface area contributed by atoms with Crippen LogP contribution in [-0.2, 0) is 22.4 Å². The fourth-order valence-electron chi connectivity index (χ4n) is 4.46. The van der Waals surface area contributed by atoms with E-state index in [1.165, 1.54) is 11.1 Å². The molecule has 4 rings (SSSR count). The van der Waals surface area contributed by atoms with Crippen molar-refractivity contribution in [2.45, 2.75) is 44.9 Å². The Hall–Kier alpha value is -0.900. The van der Waals surface area contributed by atoms with Gasteiger partial charge in [0.05, 0.1) is 19.3 Å². The minimum atomic E-state index is 0. The number of aliphatic imine (C=N–C) groups is 1. The van der Waals surface area contributed by atoms with Crippen molar-refractivity contribution in [1.29, 1.82) is 0 Å². The maximum atomic E-state index is 6.00. The third kappa shape index (κ3) is 6.06. The molecule has 3 heterocycles. The molecule has 162 valence electrons. The van der Waals surface area contributed by atoms with Crippen LogP contribution in [0.5, 0.6) is 0 Å².